The van der Waals surface area contributed by atoms with E-state index in [4.69, 9.17) is 4.55 Å². The normalized spacial score (nSPS) is 12.6. The maximum absolute atomic E-state index is 11.3. The van der Waals surface area contributed by atoms with Crippen LogP contribution < -0.4 is 0 Å². The average Bonchev–Trinajstić information content (AvgIpc) is 2.28. The number of rotatable bonds is 8. The molecule has 104 valence electrons. The fraction of sp³-hybridized carbons (Fsp3) is 0.600. The van der Waals surface area contributed by atoms with Crippen LogP contribution in [-0.4, -0.2) is 43.4 Å². The van der Waals surface area contributed by atoms with Crippen LogP contribution in [0.15, 0.2) is 12.7 Å². The Hall–Kier alpha value is -1.41. The molecule has 7 nitrogen and oxygen atoms in total. The molecule has 0 bridgehead atoms. The van der Waals surface area contributed by atoms with Gasteiger partial charge in [0.15, 0.2) is 5.25 Å². The van der Waals surface area contributed by atoms with E-state index in [0.717, 1.165) is 0 Å². The van der Waals surface area contributed by atoms with E-state index in [-0.39, 0.29) is 13.2 Å². The highest BCUT2D eigenvalue weighted by Gasteiger charge is 2.35. The van der Waals surface area contributed by atoms with Crippen LogP contribution in [0.2, 0.25) is 0 Å². The van der Waals surface area contributed by atoms with Gasteiger partial charge in [0.1, 0.15) is 6.61 Å². The molecule has 1 atom stereocenters. The second-order valence-corrected chi connectivity index (χ2v) is 4.95. The predicted molar refractivity (Wildman–Crippen MR) is 62.4 cm³/mol. The number of hydrogen-bond acceptors (Lipinski definition) is 6. The van der Waals surface area contributed by atoms with E-state index in [9.17, 15) is 18.0 Å². The van der Waals surface area contributed by atoms with Crippen molar-refractivity contribution < 1.29 is 32.0 Å². The molecule has 0 heterocycles. The molecule has 0 aromatic rings. The van der Waals surface area contributed by atoms with Gasteiger partial charge >= 0.3 is 11.9 Å². The third-order valence-electron chi connectivity index (χ3n) is 1.79. The maximum Gasteiger partial charge on any atom is 0.327 e. The van der Waals surface area contributed by atoms with Crippen LogP contribution in [0.25, 0.3) is 0 Å². The lowest BCUT2D eigenvalue weighted by Crippen LogP contribution is -2.34. The summed E-state index contributed by atoms with van der Waals surface area (Å²) < 4.78 is 39.9. The Kier molecular flexibility index (Phi) is 7.21. The van der Waals surface area contributed by atoms with Crippen molar-refractivity contribution in [1.82, 2.24) is 0 Å². The van der Waals surface area contributed by atoms with E-state index in [1.807, 2.05) is 0 Å². The number of carbonyl (C=O) groups is 2. The monoisotopic (exact) mass is 280 g/mol. The van der Waals surface area contributed by atoms with E-state index in [1.165, 1.54) is 6.08 Å². The second kappa shape index (κ2) is 7.83. The Balaban J connectivity index is 4.65. The summed E-state index contributed by atoms with van der Waals surface area (Å²) in [6.45, 7) is 4.93. The van der Waals surface area contributed by atoms with Crippen LogP contribution in [0.4, 0.5) is 0 Å². The number of ether oxygens (including phenoxy) is 2. The van der Waals surface area contributed by atoms with Crippen molar-refractivity contribution in [2.45, 2.75) is 25.0 Å². The van der Waals surface area contributed by atoms with Gasteiger partial charge in [0, 0.05) is 0 Å². The van der Waals surface area contributed by atoms with E-state index in [0.29, 0.717) is 6.42 Å². The predicted octanol–water partition coefficient (Wildman–Crippen LogP) is 0.315. The smallest absolute Gasteiger partial charge is 0.327 e. The molecule has 0 saturated carbocycles. The molecular weight excluding hydrogens is 264 g/mol. The first-order valence-corrected chi connectivity index (χ1v) is 6.72. The van der Waals surface area contributed by atoms with E-state index in [2.05, 4.69) is 16.1 Å². The van der Waals surface area contributed by atoms with Gasteiger partial charge in [-0.2, -0.15) is 8.42 Å². The summed E-state index contributed by atoms with van der Waals surface area (Å²) in [5, 5.41) is -1.97. The molecule has 0 aromatic carbocycles. The molecular formula is C10H16O7S. The zero-order valence-electron chi connectivity index (χ0n) is 10.00. The Bertz CT molecular complexity index is 398. The summed E-state index contributed by atoms with van der Waals surface area (Å²) in [6, 6.07) is 0. The van der Waals surface area contributed by atoms with E-state index in [1.54, 1.807) is 6.92 Å². The molecule has 0 radical (unpaired) electrons. The van der Waals surface area contributed by atoms with Gasteiger partial charge in [-0.05, 0) is 6.42 Å². The van der Waals surface area contributed by atoms with Crippen LogP contribution in [-0.2, 0) is 29.2 Å². The van der Waals surface area contributed by atoms with Crippen LogP contribution in [0, 0.1) is 0 Å². The zero-order valence-corrected chi connectivity index (χ0v) is 10.8. The highest BCUT2D eigenvalue weighted by molar-refractivity contribution is 7.87. The number of esters is 2. The largest absolute Gasteiger partial charge is 0.466 e. The molecule has 0 aliphatic heterocycles. The fourth-order valence-corrected chi connectivity index (χ4v) is 1.63. The fourth-order valence-electron chi connectivity index (χ4n) is 0.970. The SMILES string of the molecule is C=CCOC(=O)C(CC(=O)OCCC)S(=O)(=O)O. The van der Waals surface area contributed by atoms with Crippen LogP contribution in [0.5, 0.6) is 0 Å². The third kappa shape index (κ3) is 6.36. The van der Waals surface area contributed by atoms with Gasteiger partial charge in [0.2, 0.25) is 0 Å². The minimum absolute atomic E-state index is 0.110. The molecule has 0 spiro atoms. The topological polar surface area (TPSA) is 107 Å². The summed E-state index contributed by atoms with van der Waals surface area (Å²) in [7, 11) is -4.72. The first kappa shape index (κ1) is 16.6. The van der Waals surface area contributed by atoms with E-state index < -0.39 is 33.7 Å². The minimum Gasteiger partial charge on any atom is -0.466 e. The molecule has 0 aromatic heterocycles. The van der Waals surface area contributed by atoms with Crippen molar-refractivity contribution in [1.29, 1.82) is 0 Å². The molecule has 1 N–H and O–H groups in total. The summed E-state index contributed by atoms with van der Waals surface area (Å²) in [5.74, 6) is -2.11. The zero-order chi connectivity index (χ0) is 14.2. The van der Waals surface area contributed by atoms with Crippen molar-refractivity contribution in [3.8, 4) is 0 Å². The van der Waals surface area contributed by atoms with E-state index >= 15 is 0 Å². The molecule has 0 amide bonds. The number of hydrogen-bond donors (Lipinski definition) is 1. The molecule has 0 aliphatic carbocycles. The van der Waals surface area contributed by atoms with Gasteiger partial charge < -0.3 is 9.47 Å². The Morgan fingerprint density at radius 1 is 1.39 bits per heavy atom. The van der Waals surface area contributed by atoms with Gasteiger partial charge in [0.05, 0.1) is 13.0 Å². The third-order valence-corrected chi connectivity index (χ3v) is 2.86. The summed E-state index contributed by atoms with van der Waals surface area (Å²) in [6.07, 6.45) is 1.01. The highest BCUT2D eigenvalue weighted by Crippen LogP contribution is 2.08. The molecule has 0 saturated heterocycles. The Morgan fingerprint density at radius 3 is 2.44 bits per heavy atom. The quantitative estimate of drug-likeness (QED) is 0.387. The minimum atomic E-state index is -4.72. The van der Waals surface area contributed by atoms with Crippen molar-refractivity contribution >= 4 is 22.1 Å². The van der Waals surface area contributed by atoms with Crippen LogP contribution >= 0.6 is 0 Å². The molecule has 0 fully saturated rings. The lowest BCUT2D eigenvalue weighted by Gasteiger charge is -2.12. The van der Waals surface area contributed by atoms with Gasteiger partial charge in [-0.25, -0.2) is 0 Å². The number of carbonyl (C=O) groups excluding carboxylic acids is 2. The lowest BCUT2D eigenvalue weighted by molar-refractivity contribution is -0.149. The van der Waals surface area contributed by atoms with Gasteiger partial charge in [-0.15, -0.1) is 0 Å². The molecule has 0 rings (SSSR count). The first-order chi connectivity index (χ1) is 8.32. The Labute approximate surface area is 106 Å². The molecule has 8 heteroatoms. The standard InChI is InChI=1S/C10H16O7S/c1-3-5-16-9(11)7-8(18(13,14)15)10(12)17-6-4-2/h4,8H,2-3,5-7H2,1H3,(H,13,14,15). The van der Waals surface area contributed by atoms with Gasteiger partial charge in [0.25, 0.3) is 10.1 Å². The van der Waals surface area contributed by atoms with Crippen LogP contribution in [0.1, 0.15) is 19.8 Å². The lowest BCUT2D eigenvalue weighted by atomic mass is 10.3. The van der Waals surface area contributed by atoms with Gasteiger partial charge in [-0.1, -0.05) is 19.6 Å². The van der Waals surface area contributed by atoms with Crippen molar-refractivity contribution in [2.24, 2.45) is 0 Å². The summed E-state index contributed by atoms with van der Waals surface area (Å²) >= 11 is 0. The Morgan fingerprint density at radius 2 is 2.00 bits per heavy atom. The van der Waals surface area contributed by atoms with Crippen LogP contribution in [0.3, 0.4) is 0 Å². The van der Waals surface area contributed by atoms with Crippen molar-refractivity contribution in [3.05, 3.63) is 12.7 Å². The highest BCUT2D eigenvalue weighted by atomic mass is 32.2. The molecule has 1 unspecified atom stereocenters. The maximum atomic E-state index is 11.3. The molecule has 18 heavy (non-hydrogen) atoms. The summed E-state index contributed by atoms with van der Waals surface area (Å²) in [4.78, 5) is 22.6. The van der Waals surface area contributed by atoms with Gasteiger partial charge in [-0.3, -0.25) is 14.1 Å². The second-order valence-electron chi connectivity index (χ2n) is 3.35. The molecule has 0 aliphatic rings. The average molecular weight is 280 g/mol. The summed E-state index contributed by atoms with van der Waals surface area (Å²) in [5.41, 5.74) is 0. The van der Waals surface area contributed by atoms with Crippen molar-refractivity contribution in [2.75, 3.05) is 13.2 Å². The first-order valence-electron chi connectivity index (χ1n) is 5.22. The van der Waals surface area contributed by atoms with Crippen molar-refractivity contribution in [3.63, 3.8) is 0 Å².